The molecule has 12 heteroatoms. The Balaban J connectivity index is 1.39. The molecule has 11 nitrogen and oxygen atoms in total. The Kier molecular flexibility index (Phi) is 13.1. The molecular weight excluding hydrogens is 776 g/mol. The second-order valence-electron chi connectivity index (χ2n) is 14.4. The van der Waals surface area contributed by atoms with Gasteiger partial charge in [0.25, 0.3) is 5.91 Å². The highest BCUT2D eigenvalue weighted by molar-refractivity contribution is 9.09. The van der Waals surface area contributed by atoms with Crippen molar-refractivity contribution in [1.82, 2.24) is 10.2 Å². The first-order chi connectivity index (χ1) is 27.1. The Morgan fingerprint density at radius 2 is 1.61 bits per heavy atom. The van der Waals surface area contributed by atoms with E-state index in [1.807, 2.05) is 72.8 Å². The predicted molar refractivity (Wildman–Crippen MR) is 219 cm³/mol. The molecule has 56 heavy (non-hydrogen) atoms. The number of likely N-dealkylation sites (tertiary alicyclic amines) is 1. The Hall–Kier alpha value is -4.78. The maximum Gasteiger partial charge on any atom is 0.313 e. The lowest BCUT2D eigenvalue weighted by atomic mass is 9.70. The van der Waals surface area contributed by atoms with Crippen LogP contribution in [0.2, 0.25) is 0 Å². The third kappa shape index (κ3) is 7.79. The number of anilines is 2. The van der Waals surface area contributed by atoms with E-state index in [0.717, 1.165) is 18.8 Å². The van der Waals surface area contributed by atoms with Crippen LogP contribution in [0.4, 0.5) is 11.4 Å². The van der Waals surface area contributed by atoms with Crippen molar-refractivity contribution in [2.75, 3.05) is 42.6 Å². The van der Waals surface area contributed by atoms with Crippen LogP contribution in [0.5, 0.6) is 0 Å². The number of aliphatic hydroxyl groups is 1. The summed E-state index contributed by atoms with van der Waals surface area (Å²) in [6, 6.07) is 23.7. The Bertz CT molecular complexity index is 1870. The smallest absolute Gasteiger partial charge is 0.313 e. The number of hydrogen-bond acceptors (Lipinski definition) is 8. The largest absolute Gasteiger partial charge is 0.455 e. The number of alkyl halides is 1. The van der Waals surface area contributed by atoms with Gasteiger partial charge in [0.15, 0.2) is 0 Å². The predicted octanol–water partition coefficient (Wildman–Crippen LogP) is 5.90. The summed E-state index contributed by atoms with van der Waals surface area (Å²) in [7, 11) is 0. The van der Waals surface area contributed by atoms with Gasteiger partial charge in [-0.2, -0.15) is 0 Å². The number of allylic oxidation sites excluding steroid dienone is 1. The molecule has 3 heterocycles. The maximum atomic E-state index is 15.3. The van der Waals surface area contributed by atoms with Crippen molar-refractivity contribution in [2.24, 2.45) is 11.8 Å². The van der Waals surface area contributed by atoms with E-state index in [9.17, 15) is 14.7 Å². The number of nitrogens with zero attached hydrogens (tertiary/aromatic N) is 3. The molecule has 1 unspecified atom stereocenters. The molecule has 3 saturated heterocycles. The fraction of sp³-hybridized carbons (Fsp3) is 0.409. The molecule has 2 bridgehead atoms. The van der Waals surface area contributed by atoms with Gasteiger partial charge in [0, 0.05) is 42.3 Å². The number of rotatable bonds is 18. The normalized spacial score (nSPS) is 24.5. The number of carbonyl (C=O) groups excluding carboxylic acids is 4. The minimum absolute atomic E-state index is 0.0167. The summed E-state index contributed by atoms with van der Waals surface area (Å²) in [5.41, 5.74) is 1.50. The molecule has 0 aromatic heterocycles. The zero-order valence-corrected chi connectivity index (χ0v) is 33.6. The second-order valence-corrected chi connectivity index (χ2v) is 15.6. The van der Waals surface area contributed by atoms with Crippen LogP contribution in [-0.4, -0.2) is 89.1 Å². The van der Waals surface area contributed by atoms with E-state index in [0.29, 0.717) is 23.2 Å². The zero-order chi connectivity index (χ0) is 40.0. The number of benzene rings is 3. The fourth-order valence-electron chi connectivity index (χ4n) is 8.65. The monoisotopic (exact) mass is 826 g/mol. The molecule has 1 spiro atoms. The van der Waals surface area contributed by atoms with Gasteiger partial charge in [-0.25, -0.2) is 0 Å². The summed E-state index contributed by atoms with van der Waals surface area (Å²) >= 11 is 3.76. The van der Waals surface area contributed by atoms with Gasteiger partial charge in [0.2, 0.25) is 11.8 Å². The van der Waals surface area contributed by atoms with E-state index < -0.39 is 70.9 Å². The molecule has 0 aliphatic carbocycles. The van der Waals surface area contributed by atoms with Crippen LogP contribution in [0, 0.1) is 11.8 Å². The van der Waals surface area contributed by atoms with E-state index in [4.69, 9.17) is 9.47 Å². The van der Waals surface area contributed by atoms with Crippen LogP contribution < -0.4 is 15.1 Å². The van der Waals surface area contributed by atoms with Gasteiger partial charge >= 0.3 is 5.97 Å². The summed E-state index contributed by atoms with van der Waals surface area (Å²) in [6.45, 7) is 13.1. The standard InChI is InChI=1S/C44H51BrN4O7/c1-5-9-20-36(51)46-27-35(30-18-14-11-15-19-30)55-43(54)37-38-41(52)49(34(28-50)29-16-12-10-13-17-29)40(44(38)26-33(45)39(37)56-44)42(53)48(25-6-2)32-23-21-31(22-24-32)47(7-3)8-4/h5-6,10-19,21-24,33-35,37-40,50H,1-2,7-9,20,25-28H2,3-4H3,(H,46,51)/t33?,34-,35-,37-,38+,39-,40-,44+/m1/s1. The molecule has 2 N–H and O–H groups in total. The molecule has 3 aromatic carbocycles. The molecule has 0 saturated carbocycles. The zero-order valence-electron chi connectivity index (χ0n) is 32.0. The van der Waals surface area contributed by atoms with Crippen LogP contribution in [-0.2, 0) is 28.7 Å². The van der Waals surface area contributed by atoms with E-state index in [1.54, 1.807) is 29.2 Å². The minimum Gasteiger partial charge on any atom is -0.455 e. The van der Waals surface area contributed by atoms with Crippen molar-refractivity contribution in [3.8, 4) is 0 Å². The Morgan fingerprint density at radius 1 is 0.982 bits per heavy atom. The molecule has 3 fully saturated rings. The maximum absolute atomic E-state index is 15.3. The molecule has 8 atom stereocenters. The summed E-state index contributed by atoms with van der Waals surface area (Å²) in [6.07, 6.45) is 2.66. The van der Waals surface area contributed by atoms with Crippen LogP contribution in [0.25, 0.3) is 0 Å². The molecule has 3 aliphatic rings. The summed E-state index contributed by atoms with van der Waals surface area (Å²) in [4.78, 5) is 62.4. The first kappa shape index (κ1) is 40.9. The average Bonchev–Trinajstić information content (AvgIpc) is 3.82. The number of carbonyl (C=O) groups is 4. The van der Waals surface area contributed by atoms with Crippen molar-refractivity contribution in [2.45, 2.75) is 67.8 Å². The molecule has 0 radical (unpaired) electrons. The lowest BCUT2D eigenvalue weighted by Gasteiger charge is -2.39. The number of halogens is 1. The lowest BCUT2D eigenvalue weighted by Crippen LogP contribution is -2.57. The number of esters is 1. The number of ether oxygens (including phenoxy) is 2. The number of aliphatic hydroxyl groups excluding tert-OH is 1. The van der Waals surface area contributed by atoms with Gasteiger partial charge in [0.05, 0.1) is 37.1 Å². The molecular formula is C44H51BrN4O7. The first-order valence-corrected chi connectivity index (χ1v) is 20.3. The highest BCUT2D eigenvalue weighted by atomic mass is 79.9. The van der Waals surface area contributed by atoms with Gasteiger partial charge in [-0.3, -0.25) is 19.2 Å². The number of nitrogens with one attached hydrogen (secondary N) is 1. The van der Waals surface area contributed by atoms with E-state index >= 15 is 9.59 Å². The van der Waals surface area contributed by atoms with Crippen molar-refractivity contribution in [3.63, 3.8) is 0 Å². The lowest BCUT2D eigenvalue weighted by molar-refractivity contribution is -0.160. The van der Waals surface area contributed by atoms with Crippen molar-refractivity contribution in [3.05, 3.63) is 121 Å². The highest BCUT2D eigenvalue weighted by Gasteiger charge is 2.77. The quantitative estimate of drug-likeness (QED) is 0.0923. The van der Waals surface area contributed by atoms with Crippen LogP contribution in [0.3, 0.4) is 0 Å². The van der Waals surface area contributed by atoms with Crippen molar-refractivity contribution >= 4 is 51.0 Å². The van der Waals surface area contributed by atoms with E-state index in [-0.39, 0.29) is 31.8 Å². The number of fused-ring (bicyclic) bond motifs is 1. The molecule has 3 aliphatic heterocycles. The topological polar surface area (TPSA) is 129 Å². The molecule has 3 aromatic rings. The molecule has 6 rings (SSSR count). The Labute approximate surface area is 337 Å². The summed E-state index contributed by atoms with van der Waals surface area (Å²) in [5, 5.41) is 13.9. The molecule has 3 amide bonds. The third-order valence-electron chi connectivity index (χ3n) is 11.3. The average molecular weight is 828 g/mol. The molecule has 296 valence electrons. The van der Waals surface area contributed by atoms with E-state index in [2.05, 4.69) is 53.2 Å². The SMILES string of the molecule is C=CCCC(=O)NC[C@@H](OC(=O)[C@H]1[C@@H]2O[C@@]3(CC2Br)[C@@H]1C(=O)N([C@H](CO)c1ccccc1)[C@@H]3C(=O)N(CC=C)c1ccc(N(CC)CC)cc1)c1ccccc1. The van der Waals surface area contributed by atoms with Gasteiger partial charge in [0.1, 0.15) is 17.7 Å². The van der Waals surface area contributed by atoms with Gasteiger partial charge < -0.3 is 34.6 Å². The van der Waals surface area contributed by atoms with E-state index in [1.165, 1.54) is 4.90 Å². The van der Waals surface area contributed by atoms with Crippen LogP contribution >= 0.6 is 15.9 Å². The van der Waals surface area contributed by atoms with Crippen LogP contribution in [0.1, 0.15) is 56.4 Å². The summed E-state index contributed by atoms with van der Waals surface area (Å²) in [5.74, 6) is -3.94. The highest BCUT2D eigenvalue weighted by Crippen LogP contribution is 2.61. The fourth-order valence-corrected chi connectivity index (χ4v) is 9.60. The number of hydrogen-bond donors (Lipinski definition) is 2. The third-order valence-corrected chi connectivity index (χ3v) is 12.1. The van der Waals surface area contributed by atoms with Gasteiger partial charge in [-0.05, 0) is 62.1 Å². The van der Waals surface area contributed by atoms with Crippen molar-refractivity contribution < 1.29 is 33.8 Å². The van der Waals surface area contributed by atoms with Crippen LogP contribution in [0.15, 0.2) is 110 Å². The van der Waals surface area contributed by atoms with Gasteiger partial charge in [-0.1, -0.05) is 88.7 Å². The number of amides is 3. The van der Waals surface area contributed by atoms with Crippen molar-refractivity contribution in [1.29, 1.82) is 0 Å². The first-order valence-electron chi connectivity index (χ1n) is 19.3. The Morgan fingerprint density at radius 3 is 2.20 bits per heavy atom. The summed E-state index contributed by atoms with van der Waals surface area (Å²) < 4.78 is 13.0. The van der Waals surface area contributed by atoms with Gasteiger partial charge in [-0.15, -0.1) is 13.2 Å². The second kappa shape index (κ2) is 18.0. The minimum atomic E-state index is -1.43.